The Labute approximate surface area is 209 Å². The average Bonchev–Trinajstić information content (AvgIpc) is 2.87. The second kappa shape index (κ2) is 12.4. The van der Waals surface area contributed by atoms with Crippen LogP contribution in [-0.2, 0) is 13.1 Å². The van der Waals surface area contributed by atoms with Gasteiger partial charge in [0, 0.05) is 37.3 Å². The molecule has 0 spiro atoms. The summed E-state index contributed by atoms with van der Waals surface area (Å²) in [5.74, 6) is 0. The lowest BCUT2D eigenvalue weighted by Gasteiger charge is -2.42. The SMILES string of the molecule is CC(C)N(Cc1ccccc1-c1[c]ccc(CN(C2CCCCC2)C2CCCCC2)c1)C(C)C. The second-order valence-corrected chi connectivity index (χ2v) is 11.4. The van der Waals surface area contributed by atoms with E-state index in [1.54, 1.807) is 0 Å². The predicted molar refractivity (Wildman–Crippen MR) is 146 cm³/mol. The molecule has 2 aliphatic rings. The monoisotopic (exact) mass is 459 g/mol. The first-order valence-electron chi connectivity index (χ1n) is 14.1. The molecule has 2 aliphatic carbocycles. The molecule has 2 aromatic rings. The van der Waals surface area contributed by atoms with Gasteiger partial charge in [0.2, 0.25) is 0 Å². The molecule has 185 valence electrons. The fourth-order valence-electron chi connectivity index (χ4n) is 6.44. The number of rotatable bonds is 9. The maximum absolute atomic E-state index is 3.59. The standard InChI is InChI=1S/C32H47N2/c1-25(2)33(26(3)4)24-29-15-11-12-21-32(29)28-16-13-14-27(22-28)23-34(30-17-7-5-8-18-30)31-19-9-6-10-20-31/h11-15,21-22,25-26,30-31H,5-10,17-20,23-24H2,1-4H3. The van der Waals surface area contributed by atoms with Crippen LogP contribution in [0.3, 0.4) is 0 Å². The third-order valence-electron chi connectivity index (χ3n) is 8.31. The summed E-state index contributed by atoms with van der Waals surface area (Å²) in [6.07, 6.45) is 14.1. The summed E-state index contributed by atoms with van der Waals surface area (Å²) in [6, 6.07) is 22.1. The van der Waals surface area contributed by atoms with Crippen LogP contribution in [0.4, 0.5) is 0 Å². The zero-order valence-electron chi connectivity index (χ0n) is 22.2. The van der Waals surface area contributed by atoms with E-state index in [1.165, 1.54) is 86.5 Å². The summed E-state index contributed by atoms with van der Waals surface area (Å²) in [4.78, 5) is 5.50. The van der Waals surface area contributed by atoms with Crippen molar-refractivity contribution < 1.29 is 0 Å². The summed E-state index contributed by atoms with van der Waals surface area (Å²) in [6.45, 7) is 11.3. The van der Waals surface area contributed by atoms with E-state index in [9.17, 15) is 0 Å². The maximum atomic E-state index is 3.59. The molecule has 0 aliphatic heterocycles. The lowest BCUT2D eigenvalue weighted by molar-refractivity contribution is 0.0731. The van der Waals surface area contributed by atoms with Crippen LogP contribution in [0.5, 0.6) is 0 Å². The molecule has 0 amide bonds. The van der Waals surface area contributed by atoms with Gasteiger partial charge in [0.15, 0.2) is 0 Å². The van der Waals surface area contributed by atoms with E-state index in [0.717, 1.165) is 25.2 Å². The van der Waals surface area contributed by atoms with Gasteiger partial charge in [-0.3, -0.25) is 9.80 Å². The van der Waals surface area contributed by atoms with Crippen molar-refractivity contribution in [1.82, 2.24) is 9.80 Å². The Balaban J connectivity index is 1.57. The van der Waals surface area contributed by atoms with Crippen molar-refractivity contribution in [3.63, 3.8) is 0 Å². The van der Waals surface area contributed by atoms with Crippen LogP contribution in [-0.4, -0.2) is 34.0 Å². The molecule has 0 saturated heterocycles. The van der Waals surface area contributed by atoms with Gasteiger partial charge in [0.05, 0.1) is 0 Å². The molecule has 2 nitrogen and oxygen atoms in total. The van der Waals surface area contributed by atoms with E-state index in [4.69, 9.17) is 0 Å². The van der Waals surface area contributed by atoms with Crippen LogP contribution in [0, 0.1) is 6.07 Å². The Bertz CT molecular complexity index is 848. The van der Waals surface area contributed by atoms with Crippen LogP contribution < -0.4 is 0 Å². The van der Waals surface area contributed by atoms with Gasteiger partial charge >= 0.3 is 0 Å². The van der Waals surface area contributed by atoms with E-state index in [1.807, 2.05) is 0 Å². The first kappa shape index (κ1) is 25.5. The predicted octanol–water partition coefficient (Wildman–Crippen LogP) is 8.24. The molecule has 2 heteroatoms. The Morgan fingerprint density at radius 3 is 1.94 bits per heavy atom. The minimum Gasteiger partial charge on any atom is -0.294 e. The molecule has 0 aromatic heterocycles. The minimum absolute atomic E-state index is 0.530. The van der Waals surface area contributed by atoms with E-state index in [0.29, 0.717) is 12.1 Å². The highest BCUT2D eigenvalue weighted by Crippen LogP contribution is 2.33. The van der Waals surface area contributed by atoms with Gasteiger partial charge in [-0.25, -0.2) is 0 Å². The smallest absolute Gasteiger partial charge is 0.0245 e. The largest absolute Gasteiger partial charge is 0.294 e. The summed E-state index contributed by atoms with van der Waals surface area (Å²) >= 11 is 0. The van der Waals surface area contributed by atoms with Crippen LogP contribution in [0.2, 0.25) is 0 Å². The second-order valence-electron chi connectivity index (χ2n) is 11.4. The zero-order valence-corrected chi connectivity index (χ0v) is 22.2. The molecule has 0 heterocycles. The van der Waals surface area contributed by atoms with E-state index >= 15 is 0 Å². The van der Waals surface area contributed by atoms with Gasteiger partial charge in [0.25, 0.3) is 0 Å². The summed E-state index contributed by atoms with van der Waals surface area (Å²) < 4.78 is 0. The van der Waals surface area contributed by atoms with Crippen molar-refractivity contribution in [2.24, 2.45) is 0 Å². The van der Waals surface area contributed by atoms with Gasteiger partial charge in [-0.15, -0.1) is 0 Å². The molecule has 4 rings (SSSR count). The molecular formula is C32H47N2. The molecule has 0 atom stereocenters. The molecule has 2 fully saturated rings. The van der Waals surface area contributed by atoms with Crippen molar-refractivity contribution in [3.05, 3.63) is 59.7 Å². The van der Waals surface area contributed by atoms with Crippen molar-refractivity contribution >= 4 is 0 Å². The van der Waals surface area contributed by atoms with Crippen molar-refractivity contribution in [3.8, 4) is 11.1 Å². The average molecular weight is 460 g/mol. The van der Waals surface area contributed by atoms with Crippen LogP contribution in [0.25, 0.3) is 11.1 Å². The molecule has 0 unspecified atom stereocenters. The minimum atomic E-state index is 0.530. The van der Waals surface area contributed by atoms with Crippen molar-refractivity contribution in [1.29, 1.82) is 0 Å². The fraction of sp³-hybridized carbons (Fsp3) is 0.625. The molecule has 1 radical (unpaired) electrons. The highest BCUT2D eigenvalue weighted by atomic mass is 15.2. The summed E-state index contributed by atoms with van der Waals surface area (Å²) in [5, 5.41) is 0. The van der Waals surface area contributed by atoms with E-state index < -0.39 is 0 Å². The number of nitrogens with zero attached hydrogens (tertiary/aromatic N) is 2. The van der Waals surface area contributed by atoms with Crippen molar-refractivity contribution in [2.75, 3.05) is 0 Å². The highest BCUT2D eigenvalue weighted by molar-refractivity contribution is 5.67. The first-order valence-corrected chi connectivity index (χ1v) is 14.1. The Kier molecular flexibility index (Phi) is 9.25. The lowest BCUT2D eigenvalue weighted by atomic mass is 9.88. The first-order chi connectivity index (χ1) is 16.5. The highest BCUT2D eigenvalue weighted by Gasteiger charge is 2.29. The van der Waals surface area contributed by atoms with E-state index in [2.05, 4.69) is 86.0 Å². The Morgan fingerprint density at radius 2 is 1.35 bits per heavy atom. The van der Waals surface area contributed by atoms with Crippen LogP contribution in [0.1, 0.15) is 103 Å². The summed E-state index contributed by atoms with van der Waals surface area (Å²) in [5.41, 5.74) is 5.48. The van der Waals surface area contributed by atoms with E-state index in [-0.39, 0.29) is 0 Å². The third-order valence-corrected chi connectivity index (χ3v) is 8.31. The third kappa shape index (κ3) is 6.52. The summed E-state index contributed by atoms with van der Waals surface area (Å²) in [7, 11) is 0. The van der Waals surface area contributed by atoms with Gasteiger partial charge < -0.3 is 0 Å². The van der Waals surface area contributed by atoms with Gasteiger partial charge in [0.1, 0.15) is 0 Å². The van der Waals surface area contributed by atoms with Crippen LogP contribution >= 0.6 is 0 Å². The number of hydrogen-bond donors (Lipinski definition) is 0. The molecule has 2 aromatic carbocycles. The van der Waals surface area contributed by atoms with Gasteiger partial charge in [-0.05, 0) is 87.8 Å². The number of hydrogen-bond acceptors (Lipinski definition) is 2. The Morgan fingerprint density at radius 1 is 0.765 bits per heavy atom. The fourth-order valence-corrected chi connectivity index (χ4v) is 6.44. The Hall–Kier alpha value is -1.64. The zero-order chi connectivity index (χ0) is 23.9. The molecule has 2 saturated carbocycles. The molecule has 0 bridgehead atoms. The lowest BCUT2D eigenvalue weighted by Crippen LogP contribution is -2.44. The quantitative estimate of drug-likeness (QED) is 0.372. The van der Waals surface area contributed by atoms with Gasteiger partial charge in [-0.1, -0.05) is 74.9 Å². The molecule has 34 heavy (non-hydrogen) atoms. The van der Waals surface area contributed by atoms with Crippen molar-refractivity contribution in [2.45, 2.75) is 129 Å². The topological polar surface area (TPSA) is 6.48 Å². The molecular weight excluding hydrogens is 412 g/mol. The van der Waals surface area contributed by atoms with Gasteiger partial charge in [-0.2, -0.15) is 0 Å². The van der Waals surface area contributed by atoms with Crippen LogP contribution in [0.15, 0.2) is 42.5 Å². The number of benzene rings is 2. The molecule has 0 N–H and O–H groups in total. The maximum Gasteiger partial charge on any atom is 0.0245 e. The normalized spacial score (nSPS) is 18.5.